The van der Waals surface area contributed by atoms with E-state index in [0.717, 1.165) is 16.5 Å². The van der Waals surface area contributed by atoms with Crippen molar-refractivity contribution in [3.8, 4) is 0 Å². The van der Waals surface area contributed by atoms with Gasteiger partial charge in [-0.2, -0.15) is 0 Å². The highest BCUT2D eigenvalue weighted by Gasteiger charge is 2.45. The lowest BCUT2D eigenvalue weighted by molar-refractivity contribution is 0.528. The fraction of sp³-hybridized carbons (Fsp3) is 0.300. The number of aromatic amines is 1. The largest absolute Gasteiger partial charge is 0.361 e. The van der Waals surface area contributed by atoms with E-state index in [0.29, 0.717) is 13.0 Å². The molecule has 0 aliphatic carbocycles. The van der Waals surface area contributed by atoms with Crippen LogP contribution in [0.25, 0.3) is 10.9 Å². The van der Waals surface area contributed by atoms with E-state index in [1.54, 1.807) is 18.2 Å². The minimum atomic E-state index is -3.73. The monoisotopic (exact) mass is 418 g/mol. The first-order valence-corrected chi connectivity index (χ1v) is 12.5. The third kappa shape index (κ3) is 3.72. The molecule has 0 bridgehead atoms. The smallest absolute Gasteiger partial charge is 0.183 e. The van der Waals surface area contributed by atoms with Gasteiger partial charge in [-0.05, 0) is 36.7 Å². The summed E-state index contributed by atoms with van der Waals surface area (Å²) >= 11 is 0. The van der Waals surface area contributed by atoms with Crippen molar-refractivity contribution in [3.63, 3.8) is 0 Å². The summed E-state index contributed by atoms with van der Waals surface area (Å²) in [6, 6.07) is 15.4. The van der Waals surface area contributed by atoms with Gasteiger partial charge in [0, 0.05) is 23.1 Å². The van der Waals surface area contributed by atoms with Crippen LogP contribution >= 0.6 is 0 Å². The van der Waals surface area contributed by atoms with Crippen molar-refractivity contribution in [1.82, 2.24) is 10.3 Å². The Morgan fingerprint density at radius 2 is 1.71 bits per heavy atom. The van der Waals surface area contributed by atoms with Crippen LogP contribution < -0.4 is 5.32 Å². The van der Waals surface area contributed by atoms with Crippen LogP contribution in [0.2, 0.25) is 0 Å². The topological polar surface area (TPSA) is 96.1 Å². The van der Waals surface area contributed by atoms with Crippen LogP contribution in [0.3, 0.4) is 0 Å². The Kier molecular flexibility index (Phi) is 5.03. The molecule has 1 fully saturated rings. The van der Waals surface area contributed by atoms with Crippen molar-refractivity contribution in [3.05, 3.63) is 66.4 Å². The summed E-state index contributed by atoms with van der Waals surface area (Å²) in [6.07, 6.45) is 2.62. The number of hydrogen-bond acceptors (Lipinski definition) is 5. The Labute approximate surface area is 164 Å². The van der Waals surface area contributed by atoms with Gasteiger partial charge in [-0.15, -0.1) is 0 Å². The molecule has 0 radical (unpaired) electrons. The van der Waals surface area contributed by atoms with Gasteiger partial charge in [-0.25, -0.2) is 16.8 Å². The van der Waals surface area contributed by atoms with E-state index in [1.807, 2.05) is 30.5 Å². The Hall–Kier alpha value is -2.16. The van der Waals surface area contributed by atoms with E-state index in [4.69, 9.17) is 0 Å². The number of sulfone groups is 2. The van der Waals surface area contributed by atoms with E-state index >= 15 is 0 Å². The Balaban J connectivity index is 1.51. The molecule has 2 atom stereocenters. The summed E-state index contributed by atoms with van der Waals surface area (Å²) in [5, 5.41) is 3.35. The predicted octanol–water partition coefficient (Wildman–Crippen LogP) is 1.94. The lowest BCUT2D eigenvalue weighted by atomic mass is 10.1. The van der Waals surface area contributed by atoms with Crippen LogP contribution in [-0.2, 0) is 26.1 Å². The third-order valence-corrected chi connectivity index (χ3v) is 9.41. The molecule has 1 aliphatic rings. The molecule has 1 aliphatic heterocycles. The molecular weight excluding hydrogens is 396 g/mol. The fourth-order valence-electron chi connectivity index (χ4n) is 3.83. The van der Waals surface area contributed by atoms with Gasteiger partial charge in [0.25, 0.3) is 0 Å². The zero-order valence-electron chi connectivity index (χ0n) is 15.2. The van der Waals surface area contributed by atoms with Crippen molar-refractivity contribution in [1.29, 1.82) is 0 Å². The number of para-hydroxylation sites is 1. The molecule has 4 rings (SSSR count). The van der Waals surface area contributed by atoms with Crippen LogP contribution in [0.1, 0.15) is 5.56 Å². The van der Waals surface area contributed by atoms with Crippen LogP contribution in [-0.4, -0.2) is 51.2 Å². The minimum Gasteiger partial charge on any atom is -0.361 e. The van der Waals surface area contributed by atoms with Crippen LogP contribution in [0.4, 0.5) is 0 Å². The second-order valence-corrected chi connectivity index (χ2v) is 11.5. The minimum absolute atomic E-state index is 0.155. The van der Waals surface area contributed by atoms with Gasteiger partial charge < -0.3 is 10.3 Å². The first-order chi connectivity index (χ1) is 13.4. The van der Waals surface area contributed by atoms with Crippen LogP contribution in [0.5, 0.6) is 0 Å². The first kappa shape index (κ1) is 19.2. The highest BCUT2D eigenvalue weighted by atomic mass is 32.2. The van der Waals surface area contributed by atoms with Gasteiger partial charge in [0.1, 0.15) is 0 Å². The molecule has 0 amide bonds. The van der Waals surface area contributed by atoms with Crippen molar-refractivity contribution >= 4 is 30.6 Å². The molecule has 1 saturated heterocycles. The van der Waals surface area contributed by atoms with Crippen LogP contribution in [0.15, 0.2) is 65.7 Å². The van der Waals surface area contributed by atoms with E-state index in [9.17, 15) is 16.8 Å². The highest BCUT2D eigenvalue weighted by Crippen LogP contribution is 2.26. The molecule has 1 aromatic heterocycles. The third-order valence-electron chi connectivity index (χ3n) is 5.25. The van der Waals surface area contributed by atoms with Crippen LogP contribution in [0, 0.1) is 0 Å². The van der Waals surface area contributed by atoms with Gasteiger partial charge in [0.2, 0.25) is 0 Å². The van der Waals surface area contributed by atoms with E-state index in [-0.39, 0.29) is 16.4 Å². The lowest BCUT2D eigenvalue weighted by Crippen LogP contribution is -2.44. The van der Waals surface area contributed by atoms with E-state index in [1.165, 1.54) is 12.1 Å². The second-order valence-electron chi connectivity index (χ2n) is 7.14. The van der Waals surface area contributed by atoms with Crippen molar-refractivity contribution in [2.45, 2.75) is 22.6 Å². The molecule has 0 saturated carbocycles. The van der Waals surface area contributed by atoms with Crippen molar-refractivity contribution in [2.24, 2.45) is 0 Å². The van der Waals surface area contributed by atoms with E-state index in [2.05, 4.69) is 10.3 Å². The zero-order chi connectivity index (χ0) is 19.8. The van der Waals surface area contributed by atoms with Gasteiger partial charge >= 0.3 is 0 Å². The summed E-state index contributed by atoms with van der Waals surface area (Å²) in [4.78, 5) is 3.38. The van der Waals surface area contributed by atoms with Gasteiger partial charge in [0.15, 0.2) is 19.7 Å². The predicted molar refractivity (Wildman–Crippen MR) is 110 cm³/mol. The summed E-state index contributed by atoms with van der Waals surface area (Å²) in [7, 11) is -7.13. The molecule has 148 valence electrons. The maximum atomic E-state index is 13.0. The number of nitrogens with one attached hydrogen (secondary N) is 2. The molecule has 2 N–H and O–H groups in total. The maximum Gasteiger partial charge on any atom is 0.183 e. The summed E-state index contributed by atoms with van der Waals surface area (Å²) < 4.78 is 50.4. The quantitative estimate of drug-likeness (QED) is 0.638. The Bertz CT molecular complexity index is 1190. The molecule has 0 spiro atoms. The number of benzene rings is 2. The summed E-state index contributed by atoms with van der Waals surface area (Å²) in [5.41, 5.74) is 2.16. The molecule has 2 aromatic carbocycles. The second kappa shape index (κ2) is 7.35. The normalized spacial score (nSPS) is 21.9. The summed E-state index contributed by atoms with van der Waals surface area (Å²) in [6.45, 7) is 0.503. The molecular formula is C20H22N2O4S2. The fourth-order valence-corrected chi connectivity index (χ4v) is 8.56. The number of aromatic nitrogens is 1. The zero-order valence-corrected chi connectivity index (χ0v) is 16.8. The average Bonchev–Trinajstić information content (AvgIpc) is 3.23. The molecule has 3 aromatic rings. The number of fused-ring (bicyclic) bond motifs is 1. The lowest BCUT2D eigenvalue weighted by Gasteiger charge is -2.20. The Morgan fingerprint density at radius 3 is 2.50 bits per heavy atom. The average molecular weight is 419 g/mol. The van der Waals surface area contributed by atoms with Gasteiger partial charge in [-0.3, -0.25) is 0 Å². The number of hydrogen-bond donors (Lipinski definition) is 2. The molecule has 8 heteroatoms. The van der Waals surface area contributed by atoms with Crippen molar-refractivity contribution in [2.75, 3.05) is 18.1 Å². The number of H-pyrrole nitrogens is 1. The standard InChI is InChI=1S/C20H22N2O4S2/c23-27(24)13-19(20(14-27)28(25,26)16-6-2-1-3-7-16)21-11-10-15-12-22-18-9-5-4-8-17(15)18/h1-9,12,19-22H,10-11,13-14H2. The molecule has 6 nitrogen and oxygen atoms in total. The first-order valence-electron chi connectivity index (χ1n) is 9.14. The van der Waals surface area contributed by atoms with Gasteiger partial charge in [-0.1, -0.05) is 36.4 Å². The maximum absolute atomic E-state index is 13.0. The number of rotatable bonds is 6. The SMILES string of the molecule is O=S1(=O)CC(NCCc2c[nH]c3ccccc23)C(S(=O)(=O)c2ccccc2)C1. The van der Waals surface area contributed by atoms with Gasteiger partial charge in [0.05, 0.1) is 21.7 Å². The molecule has 2 unspecified atom stereocenters. The summed E-state index contributed by atoms with van der Waals surface area (Å²) in [5.74, 6) is -0.493. The van der Waals surface area contributed by atoms with E-state index < -0.39 is 31.0 Å². The van der Waals surface area contributed by atoms with Crippen molar-refractivity contribution < 1.29 is 16.8 Å². The Morgan fingerprint density at radius 1 is 1.00 bits per heavy atom. The molecule has 2 heterocycles. The highest BCUT2D eigenvalue weighted by molar-refractivity contribution is 7.96. The molecule has 28 heavy (non-hydrogen) atoms.